The lowest BCUT2D eigenvalue weighted by molar-refractivity contribution is 0.0956. The summed E-state index contributed by atoms with van der Waals surface area (Å²) in [6, 6.07) is 17.3. The normalized spacial score (nSPS) is 11.8. The number of rotatable bonds is 6. The Balaban J connectivity index is 1.54. The molecule has 0 atom stereocenters. The number of thiophene rings is 1. The fourth-order valence-electron chi connectivity index (χ4n) is 3.06. The Labute approximate surface area is 177 Å². The Morgan fingerprint density at radius 3 is 2.63 bits per heavy atom. The molecule has 9 heteroatoms. The fraction of sp³-hybridized carbons (Fsp3) is 0.0476. The molecule has 30 heavy (non-hydrogen) atoms. The van der Waals surface area contributed by atoms with Gasteiger partial charge in [-0.2, -0.15) is 5.10 Å². The molecule has 0 aliphatic heterocycles. The number of nitrogens with one attached hydrogen (secondary N) is 3. The molecule has 0 saturated heterocycles. The standard InChI is InChI=1S/C21H18N4O3S2/c1-14-17(15-7-2-4-9-18(15)23-14)13-22-24-21(26)16-8-3-5-10-19(16)25-30(27,28)20-11-6-12-29-20/h2-13,23,25H,1H3,(H,24,26)/b22-13-. The monoisotopic (exact) mass is 438 g/mol. The average molecular weight is 439 g/mol. The van der Waals surface area contributed by atoms with E-state index in [0.717, 1.165) is 33.5 Å². The minimum atomic E-state index is -3.77. The summed E-state index contributed by atoms with van der Waals surface area (Å²) in [5, 5.41) is 6.74. The van der Waals surface area contributed by atoms with Gasteiger partial charge in [0.25, 0.3) is 15.9 Å². The number of sulfonamides is 1. The summed E-state index contributed by atoms with van der Waals surface area (Å²) >= 11 is 1.10. The molecular weight excluding hydrogens is 420 g/mol. The van der Waals surface area contributed by atoms with Crippen LogP contribution < -0.4 is 10.1 Å². The zero-order chi connectivity index (χ0) is 21.1. The molecule has 0 saturated carbocycles. The van der Waals surface area contributed by atoms with Crippen molar-refractivity contribution >= 4 is 50.1 Å². The van der Waals surface area contributed by atoms with Crippen LogP contribution >= 0.6 is 11.3 Å². The second-order valence-corrected chi connectivity index (χ2v) is 9.35. The van der Waals surface area contributed by atoms with Gasteiger partial charge >= 0.3 is 0 Å². The number of benzene rings is 2. The van der Waals surface area contributed by atoms with Crippen LogP contribution in [0.5, 0.6) is 0 Å². The molecule has 0 unspecified atom stereocenters. The van der Waals surface area contributed by atoms with E-state index in [1.54, 1.807) is 29.8 Å². The van der Waals surface area contributed by atoms with Crippen LogP contribution in [-0.4, -0.2) is 25.5 Å². The van der Waals surface area contributed by atoms with Gasteiger partial charge in [0.05, 0.1) is 17.5 Å². The Bertz CT molecular complexity index is 1340. The van der Waals surface area contributed by atoms with Crippen molar-refractivity contribution in [2.45, 2.75) is 11.1 Å². The zero-order valence-corrected chi connectivity index (χ0v) is 17.5. The first-order valence-corrected chi connectivity index (χ1v) is 11.4. The van der Waals surface area contributed by atoms with Crippen LogP contribution in [0.2, 0.25) is 0 Å². The maximum atomic E-state index is 12.6. The lowest BCUT2D eigenvalue weighted by atomic mass is 10.1. The number of hydrogen-bond donors (Lipinski definition) is 3. The van der Waals surface area contributed by atoms with Gasteiger partial charge in [-0.1, -0.05) is 36.4 Å². The van der Waals surface area contributed by atoms with Crippen LogP contribution in [0.1, 0.15) is 21.6 Å². The number of fused-ring (bicyclic) bond motifs is 1. The second kappa shape index (κ2) is 8.13. The van der Waals surface area contributed by atoms with E-state index in [-0.39, 0.29) is 15.5 Å². The largest absolute Gasteiger partial charge is 0.358 e. The van der Waals surface area contributed by atoms with Crippen molar-refractivity contribution in [3.63, 3.8) is 0 Å². The van der Waals surface area contributed by atoms with E-state index in [9.17, 15) is 13.2 Å². The molecule has 3 N–H and O–H groups in total. The number of para-hydroxylation sites is 2. The Morgan fingerprint density at radius 2 is 1.83 bits per heavy atom. The first-order valence-electron chi connectivity index (χ1n) is 9.02. The van der Waals surface area contributed by atoms with Gasteiger partial charge in [0.2, 0.25) is 0 Å². The van der Waals surface area contributed by atoms with Crippen molar-refractivity contribution in [3.05, 3.63) is 82.9 Å². The van der Waals surface area contributed by atoms with Gasteiger partial charge in [0.1, 0.15) is 4.21 Å². The van der Waals surface area contributed by atoms with Crippen LogP contribution in [0, 0.1) is 6.92 Å². The van der Waals surface area contributed by atoms with Gasteiger partial charge < -0.3 is 4.98 Å². The van der Waals surface area contributed by atoms with Crippen LogP contribution in [0.25, 0.3) is 10.9 Å². The Morgan fingerprint density at radius 1 is 1.07 bits per heavy atom. The van der Waals surface area contributed by atoms with Crippen molar-refractivity contribution < 1.29 is 13.2 Å². The lowest BCUT2D eigenvalue weighted by Crippen LogP contribution is -2.21. The number of aromatic nitrogens is 1. The fourth-order valence-corrected chi connectivity index (χ4v) is 5.13. The first-order chi connectivity index (χ1) is 14.5. The van der Waals surface area contributed by atoms with Crippen molar-refractivity contribution in [3.8, 4) is 0 Å². The molecule has 4 aromatic rings. The summed E-state index contributed by atoms with van der Waals surface area (Å²) in [5.41, 5.74) is 5.61. The minimum absolute atomic E-state index is 0.172. The zero-order valence-electron chi connectivity index (χ0n) is 15.9. The summed E-state index contributed by atoms with van der Waals surface area (Å²) < 4.78 is 27.7. The molecule has 0 aliphatic carbocycles. The van der Waals surface area contributed by atoms with Gasteiger partial charge in [0.15, 0.2) is 0 Å². The molecule has 2 heterocycles. The third-order valence-electron chi connectivity index (χ3n) is 4.48. The van der Waals surface area contributed by atoms with Crippen LogP contribution in [0.3, 0.4) is 0 Å². The summed E-state index contributed by atoms with van der Waals surface area (Å²) in [7, 11) is -3.77. The summed E-state index contributed by atoms with van der Waals surface area (Å²) in [5.74, 6) is -0.520. The van der Waals surface area contributed by atoms with E-state index in [1.807, 2.05) is 31.2 Å². The highest BCUT2D eigenvalue weighted by Crippen LogP contribution is 2.23. The molecule has 0 fully saturated rings. The number of aromatic amines is 1. The molecule has 2 aromatic heterocycles. The van der Waals surface area contributed by atoms with Crippen LogP contribution in [0.4, 0.5) is 5.69 Å². The number of anilines is 1. The number of amides is 1. The molecule has 0 bridgehead atoms. The predicted molar refractivity (Wildman–Crippen MR) is 120 cm³/mol. The summed E-state index contributed by atoms with van der Waals surface area (Å²) in [4.78, 5) is 15.9. The molecule has 0 spiro atoms. The van der Waals surface area contributed by atoms with Crippen molar-refractivity contribution in [2.75, 3.05) is 4.72 Å². The Kier molecular flexibility index (Phi) is 5.39. The molecule has 0 radical (unpaired) electrons. The molecule has 152 valence electrons. The van der Waals surface area contributed by atoms with E-state index >= 15 is 0 Å². The maximum Gasteiger partial charge on any atom is 0.273 e. The smallest absolute Gasteiger partial charge is 0.273 e. The van der Waals surface area contributed by atoms with Crippen molar-refractivity contribution in [2.24, 2.45) is 5.10 Å². The van der Waals surface area contributed by atoms with E-state index in [2.05, 4.69) is 20.2 Å². The van der Waals surface area contributed by atoms with Gasteiger partial charge in [-0.3, -0.25) is 9.52 Å². The third-order valence-corrected chi connectivity index (χ3v) is 7.24. The highest BCUT2D eigenvalue weighted by Gasteiger charge is 2.19. The van der Waals surface area contributed by atoms with Crippen molar-refractivity contribution in [1.82, 2.24) is 10.4 Å². The number of carbonyl (C=O) groups is 1. The van der Waals surface area contributed by atoms with Crippen LogP contribution in [-0.2, 0) is 10.0 Å². The number of hydrazone groups is 1. The third kappa shape index (κ3) is 3.98. The molecule has 7 nitrogen and oxygen atoms in total. The molecule has 2 aromatic carbocycles. The maximum absolute atomic E-state index is 12.6. The van der Waals surface area contributed by atoms with Gasteiger partial charge in [-0.25, -0.2) is 13.8 Å². The van der Waals surface area contributed by atoms with Gasteiger partial charge in [-0.05, 0) is 36.6 Å². The molecule has 1 amide bonds. The predicted octanol–water partition coefficient (Wildman–Crippen LogP) is 4.10. The Hall–Kier alpha value is -3.43. The number of hydrogen-bond acceptors (Lipinski definition) is 5. The number of nitrogens with zero attached hydrogens (tertiary/aromatic N) is 1. The topological polar surface area (TPSA) is 103 Å². The SMILES string of the molecule is Cc1[nH]c2ccccc2c1/C=N\NC(=O)c1ccccc1NS(=O)(=O)c1cccs1. The average Bonchev–Trinajstić information content (AvgIpc) is 3.37. The highest BCUT2D eigenvalue weighted by atomic mass is 32.2. The minimum Gasteiger partial charge on any atom is -0.358 e. The first kappa shape index (κ1) is 19.9. The molecule has 4 rings (SSSR count). The van der Waals surface area contributed by atoms with E-state index < -0.39 is 15.9 Å². The number of carbonyl (C=O) groups excluding carboxylic acids is 1. The van der Waals surface area contributed by atoms with E-state index in [0.29, 0.717) is 0 Å². The highest BCUT2D eigenvalue weighted by molar-refractivity contribution is 7.94. The quantitative estimate of drug-likeness (QED) is 0.312. The summed E-state index contributed by atoms with van der Waals surface area (Å²) in [6.45, 7) is 1.93. The van der Waals surface area contributed by atoms with Crippen molar-refractivity contribution in [1.29, 1.82) is 0 Å². The second-order valence-electron chi connectivity index (χ2n) is 6.49. The number of H-pyrrole nitrogens is 1. The van der Waals surface area contributed by atoms with Crippen LogP contribution in [0.15, 0.2) is 75.4 Å². The van der Waals surface area contributed by atoms with Gasteiger partial charge in [0, 0.05) is 22.2 Å². The van der Waals surface area contributed by atoms with E-state index in [4.69, 9.17) is 0 Å². The van der Waals surface area contributed by atoms with E-state index in [1.165, 1.54) is 18.2 Å². The lowest BCUT2D eigenvalue weighted by Gasteiger charge is -2.10. The summed E-state index contributed by atoms with van der Waals surface area (Å²) in [6.07, 6.45) is 1.57. The molecular formula is C21H18N4O3S2. The van der Waals surface area contributed by atoms with Gasteiger partial charge in [-0.15, -0.1) is 11.3 Å². The number of aryl methyl sites for hydroxylation is 1. The molecule has 0 aliphatic rings.